The molecule has 2 aromatic heterocycles. The van der Waals surface area contributed by atoms with Gasteiger partial charge in [0, 0.05) is 26.2 Å². The highest BCUT2D eigenvalue weighted by molar-refractivity contribution is 5.95. The summed E-state index contributed by atoms with van der Waals surface area (Å²) in [6.07, 6.45) is 1.41. The lowest BCUT2D eigenvalue weighted by molar-refractivity contribution is 0.0515. The van der Waals surface area contributed by atoms with Crippen molar-refractivity contribution in [3.8, 4) is 0 Å². The third-order valence-electron chi connectivity index (χ3n) is 6.16. The summed E-state index contributed by atoms with van der Waals surface area (Å²) in [5.41, 5.74) is -1.30. The molecule has 11 heteroatoms. The number of H-pyrrole nitrogens is 1. The number of halogens is 2. The minimum absolute atomic E-state index is 0.0818. The van der Waals surface area contributed by atoms with Gasteiger partial charge in [-0.1, -0.05) is 12.1 Å². The molecule has 0 spiro atoms. The van der Waals surface area contributed by atoms with Gasteiger partial charge in [0.2, 0.25) is 0 Å². The molecule has 184 valence electrons. The Morgan fingerprint density at radius 3 is 2.31 bits per heavy atom. The van der Waals surface area contributed by atoms with Crippen molar-refractivity contribution >= 4 is 22.7 Å². The van der Waals surface area contributed by atoms with Crippen molar-refractivity contribution in [3.63, 3.8) is 0 Å². The SMILES string of the molecule is O=C(c1ccco1)N1CCN(C(=O)c2cc(Cn3c(=O)[nH]c(=O)c4c(F)cccc43)ccc2F)CC1. The highest BCUT2D eigenvalue weighted by atomic mass is 19.1. The fourth-order valence-corrected chi connectivity index (χ4v) is 4.31. The minimum Gasteiger partial charge on any atom is -0.459 e. The molecule has 0 bridgehead atoms. The number of amides is 2. The zero-order valence-electron chi connectivity index (χ0n) is 18.9. The fraction of sp³-hybridized carbons (Fsp3) is 0.200. The number of piperazine rings is 1. The van der Waals surface area contributed by atoms with Crippen molar-refractivity contribution in [1.82, 2.24) is 19.4 Å². The topological polar surface area (TPSA) is 109 Å². The molecule has 1 N–H and O–H groups in total. The molecule has 0 aliphatic carbocycles. The van der Waals surface area contributed by atoms with Crippen LogP contribution >= 0.6 is 0 Å². The maximum Gasteiger partial charge on any atom is 0.329 e. The lowest BCUT2D eigenvalue weighted by Gasteiger charge is -2.34. The molecule has 1 saturated heterocycles. The van der Waals surface area contributed by atoms with Gasteiger partial charge >= 0.3 is 5.69 Å². The van der Waals surface area contributed by atoms with Crippen LogP contribution in [-0.4, -0.2) is 57.3 Å². The lowest BCUT2D eigenvalue weighted by atomic mass is 10.1. The van der Waals surface area contributed by atoms with Crippen molar-refractivity contribution < 1.29 is 22.8 Å². The highest BCUT2D eigenvalue weighted by Gasteiger charge is 2.28. The molecule has 36 heavy (non-hydrogen) atoms. The van der Waals surface area contributed by atoms with E-state index in [1.165, 1.54) is 35.4 Å². The summed E-state index contributed by atoms with van der Waals surface area (Å²) < 4.78 is 35.2. The van der Waals surface area contributed by atoms with Crippen molar-refractivity contribution in [2.24, 2.45) is 0 Å². The zero-order chi connectivity index (χ0) is 25.4. The van der Waals surface area contributed by atoms with Gasteiger partial charge in [-0.3, -0.25) is 23.9 Å². The summed E-state index contributed by atoms with van der Waals surface area (Å²) in [4.78, 5) is 55.2. The maximum absolute atomic E-state index is 14.7. The third-order valence-corrected chi connectivity index (χ3v) is 6.16. The number of nitrogens with zero attached hydrogens (tertiary/aromatic N) is 3. The van der Waals surface area contributed by atoms with Crippen molar-refractivity contribution in [3.05, 3.63) is 104 Å². The molecule has 1 fully saturated rings. The lowest BCUT2D eigenvalue weighted by Crippen LogP contribution is -2.50. The average molecular weight is 494 g/mol. The Balaban J connectivity index is 1.37. The molecule has 2 aromatic carbocycles. The molecular weight excluding hydrogens is 474 g/mol. The van der Waals surface area contributed by atoms with Crippen LogP contribution in [0, 0.1) is 11.6 Å². The number of hydrogen-bond acceptors (Lipinski definition) is 5. The van der Waals surface area contributed by atoms with Crippen LogP contribution in [0.1, 0.15) is 26.5 Å². The second kappa shape index (κ2) is 9.25. The molecule has 0 unspecified atom stereocenters. The molecule has 5 rings (SSSR count). The van der Waals surface area contributed by atoms with Crippen LogP contribution in [0.25, 0.3) is 10.9 Å². The Morgan fingerprint density at radius 2 is 1.61 bits per heavy atom. The quantitative estimate of drug-likeness (QED) is 0.468. The predicted octanol–water partition coefficient (Wildman–Crippen LogP) is 2.21. The number of furan rings is 1. The second-order valence-electron chi connectivity index (χ2n) is 8.36. The number of aromatic nitrogens is 2. The van der Waals surface area contributed by atoms with E-state index < -0.39 is 28.8 Å². The first kappa shape index (κ1) is 23.2. The highest BCUT2D eigenvalue weighted by Crippen LogP contribution is 2.18. The van der Waals surface area contributed by atoms with Crippen molar-refractivity contribution in [2.75, 3.05) is 26.2 Å². The fourth-order valence-electron chi connectivity index (χ4n) is 4.31. The van der Waals surface area contributed by atoms with E-state index in [9.17, 15) is 28.0 Å². The molecule has 9 nitrogen and oxygen atoms in total. The summed E-state index contributed by atoms with van der Waals surface area (Å²) in [7, 11) is 0. The van der Waals surface area contributed by atoms with E-state index in [0.29, 0.717) is 5.56 Å². The number of fused-ring (bicyclic) bond motifs is 1. The zero-order valence-corrected chi connectivity index (χ0v) is 18.9. The largest absolute Gasteiger partial charge is 0.459 e. The first-order valence-corrected chi connectivity index (χ1v) is 11.2. The van der Waals surface area contributed by atoms with E-state index in [-0.39, 0.29) is 60.9 Å². The van der Waals surface area contributed by atoms with Gasteiger partial charge in [0.25, 0.3) is 17.4 Å². The molecular formula is C25H20F2N4O5. The van der Waals surface area contributed by atoms with Crippen molar-refractivity contribution in [2.45, 2.75) is 6.54 Å². The summed E-state index contributed by atoms with van der Waals surface area (Å²) >= 11 is 0. The van der Waals surface area contributed by atoms with Gasteiger partial charge in [0.05, 0.1) is 29.3 Å². The number of hydrogen-bond donors (Lipinski definition) is 1. The van der Waals surface area contributed by atoms with Gasteiger partial charge in [0.1, 0.15) is 11.6 Å². The molecule has 0 atom stereocenters. The average Bonchev–Trinajstić information content (AvgIpc) is 3.41. The van der Waals surface area contributed by atoms with Crippen LogP contribution in [-0.2, 0) is 6.54 Å². The summed E-state index contributed by atoms with van der Waals surface area (Å²) in [6, 6.07) is 11.0. The number of rotatable bonds is 4. The number of carbonyl (C=O) groups excluding carboxylic acids is 2. The van der Waals surface area contributed by atoms with Crippen LogP contribution in [0.3, 0.4) is 0 Å². The van der Waals surface area contributed by atoms with Gasteiger partial charge in [-0.15, -0.1) is 0 Å². The van der Waals surface area contributed by atoms with Crippen molar-refractivity contribution in [1.29, 1.82) is 0 Å². The maximum atomic E-state index is 14.7. The smallest absolute Gasteiger partial charge is 0.329 e. The molecule has 1 aliphatic heterocycles. The van der Waals surface area contributed by atoms with Gasteiger partial charge in [-0.25, -0.2) is 13.6 Å². The molecule has 3 heterocycles. The number of benzene rings is 2. The predicted molar refractivity (Wildman–Crippen MR) is 125 cm³/mol. The monoisotopic (exact) mass is 494 g/mol. The Hall–Kier alpha value is -4.54. The van der Waals surface area contributed by atoms with Crippen LogP contribution < -0.4 is 11.2 Å². The van der Waals surface area contributed by atoms with E-state index in [2.05, 4.69) is 4.98 Å². The van der Waals surface area contributed by atoms with Crippen LogP contribution in [0.4, 0.5) is 8.78 Å². The summed E-state index contributed by atoms with van der Waals surface area (Å²) in [5, 5.41) is -0.266. The van der Waals surface area contributed by atoms with E-state index in [1.54, 1.807) is 17.0 Å². The van der Waals surface area contributed by atoms with Crippen LogP contribution in [0.2, 0.25) is 0 Å². The standard InChI is InChI=1S/C25H20F2N4O5/c26-17-7-6-15(14-31-19-4-1-3-18(27)21(19)22(32)28-25(31)35)13-16(17)23(33)29-8-10-30(11-9-29)24(34)20-5-2-12-36-20/h1-7,12-13H,8-11,14H2,(H,28,32,35). The van der Waals surface area contributed by atoms with E-state index in [0.717, 1.165) is 16.7 Å². The Labute approximate surface area is 202 Å². The van der Waals surface area contributed by atoms with Crippen LogP contribution in [0.5, 0.6) is 0 Å². The number of aromatic amines is 1. The van der Waals surface area contributed by atoms with Gasteiger partial charge in [-0.05, 0) is 42.0 Å². The Bertz CT molecular complexity index is 1580. The normalized spacial score (nSPS) is 13.8. The third kappa shape index (κ3) is 4.19. The first-order chi connectivity index (χ1) is 17.3. The van der Waals surface area contributed by atoms with E-state index in [1.807, 2.05) is 0 Å². The van der Waals surface area contributed by atoms with E-state index >= 15 is 0 Å². The Morgan fingerprint density at radius 1 is 0.889 bits per heavy atom. The Kier molecular flexibility index (Phi) is 5.96. The summed E-state index contributed by atoms with van der Waals surface area (Å²) in [6.45, 7) is 0.811. The molecule has 0 saturated carbocycles. The molecule has 2 amide bonds. The van der Waals surface area contributed by atoms with Gasteiger partial charge in [-0.2, -0.15) is 0 Å². The van der Waals surface area contributed by atoms with E-state index in [4.69, 9.17) is 4.42 Å². The second-order valence-corrected chi connectivity index (χ2v) is 8.36. The van der Waals surface area contributed by atoms with Gasteiger partial charge < -0.3 is 14.2 Å². The van der Waals surface area contributed by atoms with Crippen LogP contribution in [0.15, 0.2) is 68.8 Å². The molecule has 0 radical (unpaired) electrons. The number of carbonyl (C=O) groups is 2. The summed E-state index contributed by atoms with van der Waals surface area (Å²) in [5.74, 6) is -2.14. The first-order valence-electron chi connectivity index (χ1n) is 11.2. The molecule has 4 aromatic rings. The molecule has 1 aliphatic rings. The van der Waals surface area contributed by atoms with Gasteiger partial charge in [0.15, 0.2) is 5.76 Å². The number of nitrogens with one attached hydrogen (secondary N) is 1. The minimum atomic E-state index is -0.844.